The van der Waals surface area contributed by atoms with Crippen LogP contribution in [-0.4, -0.2) is 0 Å². The number of hydrogen-bond acceptors (Lipinski definition) is 0. The SMILES string of the molecule is C1=CC2=CC=CC3CC23C=C1.CC. The highest BCUT2D eigenvalue weighted by molar-refractivity contribution is 5.50. The van der Waals surface area contributed by atoms with E-state index in [1.54, 1.807) is 0 Å². The molecule has 0 aromatic heterocycles. The molecular weight excluding hydrogens is 156 g/mol. The lowest BCUT2D eigenvalue weighted by atomic mass is 9.86. The molecule has 0 heterocycles. The van der Waals surface area contributed by atoms with Crippen molar-refractivity contribution < 1.29 is 0 Å². The Morgan fingerprint density at radius 1 is 1.23 bits per heavy atom. The third-order valence-corrected chi connectivity index (χ3v) is 3.00. The number of allylic oxidation sites excluding steroid dienone is 8. The van der Waals surface area contributed by atoms with Crippen molar-refractivity contribution in [1.82, 2.24) is 0 Å². The molecule has 68 valence electrons. The molecule has 0 aliphatic heterocycles. The Morgan fingerprint density at radius 2 is 2.08 bits per heavy atom. The summed E-state index contributed by atoms with van der Waals surface area (Å²) in [5.74, 6) is 0.809. The zero-order valence-corrected chi connectivity index (χ0v) is 8.33. The molecule has 3 rings (SSSR count). The van der Waals surface area contributed by atoms with Gasteiger partial charge in [-0.25, -0.2) is 0 Å². The maximum absolute atomic E-state index is 2.35. The second kappa shape index (κ2) is 3.02. The van der Waals surface area contributed by atoms with Crippen LogP contribution < -0.4 is 0 Å². The third-order valence-electron chi connectivity index (χ3n) is 3.00. The van der Waals surface area contributed by atoms with Crippen LogP contribution in [0.4, 0.5) is 0 Å². The topological polar surface area (TPSA) is 0 Å². The van der Waals surface area contributed by atoms with Crippen LogP contribution in [0.1, 0.15) is 20.3 Å². The maximum atomic E-state index is 2.35. The van der Waals surface area contributed by atoms with E-state index in [2.05, 4.69) is 42.5 Å². The minimum atomic E-state index is 0.448. The summed E-state index contributed by atoms with van der Waals surface area (Å²) in [5.41, 5.74) is 1.95. The predicted molar refractivity (Wildman–Crippen MR) is 57.4 cm³/mol. The first-order chi connectivity index (χ1) is 6.42. The van der Waals surface area contributed by atoms with Crippen molar-refractivity contribution in [2.75, 3.05) is 0 Å². The van der Waals surface area contributed by atoms with Crippen LogP contribution in [0.3, 0.4) is 0 Å². The molecule has 1 saturated carbocycles. The molecule has 0 nitrogen and oxygen atoms in total. The van der Waals surface area contributed by atoms with E-state index in [1.165, 1.54) is 12.0 Å². The van der Waals surface area contributed by atoms with E-state index < -0.39 is 0 Å². The second-order valence-electron chi connectivity index (χ2n) is 3.58. The van der Waals surface area contributed by atoms with Crippen molar-refractivity contribution in [3.63, 3.8) is 0 Å². The van der Waals surface area contributed by atoms with Gasteiger partial charge in [0.1, 0.15) is 0 Å². The monoisotopic (exact) mass is 172 g/mol. The van der Waals surface area contributed by atoms with Gasteiger partial charge in [0.15, 0.2) is 0 Å². The molecular formula is C13H16. The summed E-state index contributed by atoms with van der Waals surface area (Å²) in [6, 6.07) is 0. The Balaban J connectivity index is 0.000000308. The fourth-order valence-corrected chi connectivity index (χ4v) is 2.21. The van der Waals surface area contributed by atoms with Gasteiger partial charge in [0, 0.05) is 5.41 Å². The molecule has 1 spiro atoms. The third kappa shape index (κ3) is 1.13. The lowest BCUT2D eigenvalue weighted by Gasteiger charge is -2.18. The Hall–Kier alpha value is -1.04. The fraction of sp³-hybridized carbons (Fsp3) is 0.385. The van der Waals surface area contributed by atoms with Gasteiger partial charge in [0.05, 0.1) is 0 Å². The van der Waals surface area contributed by atoms with Crippen molar-refractivity contribution in [3.05, 3.63) is 48.1 Å². The number of rotatable bonds is 0. The molecule has 2 atom stereocenters. The minimum Gasteiger partial charge on any atom is -0.0802 e. The summed E-state index contributed by atoms with van der Waals surface area (Å²) in [7, 11) is 0. The van der Waals surface area contributed by atoms with E-state index in [1.807, 2.05) is 13.8 Å². The van der Waals surface area contributed by atoms with E-state index in [0.29, 0.717) is 5.41 Å². The molecule has 3 aliphatic carbocycles. The summed E-state index contributed by atoms with van der Waals surface area (Å²) >= 11 is 0. The van der Waals surface area contributed by atoms with Crippen LogP contribution in [0, 0.1) is 11.3 Å². The first-order valence-corrected chi connectivity index (χ1v) is 5.17. The van der Waals surface area contributed by atoms with Gasteiger partial charge in [-0.3, -0.25) is 0 Å². The Labute approximate surface area is 80.3 Å². The van der Waals surface area contributed by atoms with Gasteiger partial charge < -0.3 is 0 Å². The molecule has 1 fully saturated rings. The van der Waals surface area contributed by atoms with E-state index >= 15 is 0 Å². The lowest BCUT2D eigenvalue weighted by molar-refractivity contribution is 0.738. The molecule has 0 saturated heterocycles. The van der Waals surface area contributed by atoms with Crippen molar-refractivity contribution in [3.8, 4) is 0 Å². The van der Waals surface area contributed by atoms with Gasteiger partial charge in [-0.1, -0.05) is 56.4 Å². The molecule has 0 N–H and O–H groups in total. The van der Waals surface area contributed by atoms with Crippen LogP contribution in [0.2, 0.25) is 0 Å². The van der Waals surface area contributed by atoms with Gasteiger partial charge in [-0.2, -0.15) is 0 Å². The smallest absolute Gasteiger partial charge is 0.0204 e. The average Bonchev–Trinajstić information content (AvgIpc) is 2.92. The fourth-order valence-electron chi connectivity index (χ4n) is 2.21. The summed E-state index contributed by atoms with van der Waals surface area (Å²) in [5, 5.41) is 0. The summed E-state index contributed by atoms with van der Waals surface area (Å²) < 4.78 is 0. The van der Waals surface area contributed by atoms with Gasteiger partial charge in [-0.05, 0) is 17.9 Å². The van der Waals surface area contributed by atoms with E-state index in [0.717, 1.165) is 5.92 Å². The molecule has 0 aromatic carbocycles. The Kier molecular flexibility index (Phi) is 1.99. The summed E-state index contributed by atoms with van der Waals surface area (Å²) in [4.78, 5) is 0. The zero-order chi connectivity index (χ0) is 9.31. The standard InChI is InChI=1S/C11H10.C2H6/c1-2-7-11-8-10(11)6-3-5-9(11)4-1;1-2/h1-7,10H,8H2;1-2H3. The largest absolute Gasteiger partial charge is 0.0802 e. The van der Waals surface area contributed by atoms with E-state index in [4.69, 9.17) is 0 Å². The number of hydrogen-bond donors (Lipinski definition) is 0. The summed E-state index contributed by atoms with van der Waals surface area (Å²) in [6.07, 6.45) is 17.0. The molecule has 2 unspecified atom stereocenters. The van der Waals surface area contributed by atoms with Crippen LogP contribution in [0.5, 0.6) is 0 Å². The van der Waals surface area contributed by atoms with Gasteiger partial charge >= 0.3 is 0 Å². The van der Waals surface area contributed by atoms with Gasteiger partial charge in [0.25, 0.3) is 0 Å². The minimum absolute atomic E-state index is 0.448. The molecule has 0 amide bonds. The first kappa shape index (κ1) is 8.55. The Morgan fingerprint density at radius 3 is 2.85 bits per heavy atom. The highest BCUT2D eigenvalue weighted by Gasteiger charge is 2.53. The summed E-state index contributed by atoms with van der Waals surface area (Å²) in [6.45, 7) is 4.00. The van der Waals surface area contributed by atoms with Gasteiger partial charge in [-0.15, -0.1) is 0 Å². The van der Waals surface area contributed by atoms with Crippen LogP contribution in [-0.2, 0) is 0 Å². The average molecular weight is 172 g/mol. The molecule has 3 aliphatic rings. The maximum Gasteiger partial charge on any atom is 0.0204 e. The van der Waals surface area contributed by atoms with E-state index in [9.17, 15) is 0 Å². The highest BCUT2D eigenvalue weighted by atomic mass is 14.6. The lowest BCUT2D eigenvalue weighted by Crippen LogP contribution is -2.06. The van der Waals surface area contributed by atoms with Crippen LogP contribution in [0.25, 0.3) is 0 Å². The van der Waals surface area contributed by atoms with Crippen molar-refractivity contribution >= 4 is 0 Å². The van der Waals surface area contributed by atoms with Gasteiger partial charge in [0.2, 0.25) is 0 Å². The molecule has 0 heteroatoms. The zero-order valence-electron chi connectivity index (χ0n) is 8.33. The van der Waals surface area contributed by atoms with Crippen LogP contribution >= 0.6 is 0 Å². The quantitative estimate of drug-likeness (QED) is 0.523. The molecule has 0 bridgehead atoms. The van der Waals surface area contributed by atoms with Crippen molar-refractivity contribution in [1.29, 1.82) is 0 Å². The Bertz CT molecular complexity index is 315. The van der Waals surface area contributed by atoms with Crippen LogP contribution in [0.15, 0.2) is 48.1 Å². The second-order valence-corrected chi connectivity index (χ2v) is 3.58. The van der Waals surface area contributed by atoms with Crippen molar-refractivity contribution in [2.45, 2.75) is 20.3 Å². The van der Waals surface area contributed by atoms with E-state index in [-0.39, 0.29) is 0 Å². The molecule has 13 heavy (non-hydrogen) atoms. The normalized spacial score (nSPS) is 36.8. The highest BCUT2D eigenvalue weighted by Crippen LogP contribution is 2.62. The van der Waals surface area contributed by atoms with Crippen molar-refractivity contribution in [2.24, 2.45) is 11.3 Å². The first-order valence-electron chi connectivity index (χ1n) is 5.17. The molecule has 0 aromatic rings. The molecule has 0 radical (unpaired) electrons. The predicted octanol–water partition coefficient (Wildman–Crippen LogP) is 3.64.